The zero-order valence-electron chi connectivity index (χ0n) is 20.9. The van der Waals surface area contributed by atoms with E-state index in [0.29, 0.717) is 36.4 Å². The van der Waals surface area contributed by atoms with Crippen LogP contribution in [0.3, 0.4) is 0 Å². The maximum Gasteiger partial charge on any atom is 0.356 e. The fraction of sp³-hybridized carbons (Fsp3) is 0.207. The number of aromatic nitrogens is 2. The van der Waals surface area contributed by atoms with Gasteiger partial charge in [-0.1, -0.05) is 72.8 Å². The van der Waals surface area contributed by atoms with Gasteiger partial charge in [-0.3, -0.25) is 4.79 Å². The van der Waals surface area contributed by atoms with Crippen LogP contribution < -0.4 is 10.6 Å². The molecule has 2 N–H and O–H groups in total. The number of amides is 1. The molecular weight excluding hydrogens is 468 g/mol. The number of hydrogen-bond donors (Lipinski definition) is 2. The normalized spacial score (nSPS) is 11.1. The Balaban J connectivity index is 1.66. The van der Waals surface area contributed by atoms with Crippen LogP contribution in [0, 0.1) is 0 Å². The number of nitrogens with one attached hydrogen (secondary N) is 2. The number of fused-ring (bicyclic) bond motifs is 1. The molecule has 0 saturated carbocycles. The van der Waals surface area contributed by atoms with Gasteiger partial charge in [0.25, 0.3) is 0 Å². The lowest BCUT2D eigenvalue weighted by Crippen LogP contribution is -2.19. The van der Waals surface area contributed by atoms with Crippen LogP contribution in [0.25, 0.3) is 17.1 Å². The summed E-state index contributed by atoms with van der Waals surface area (Å²) in [4.78, 5) is 30.5. The smallest absolute Gasteiger partial charge is 0.356 e. The molecule has 0 aliphatic heterocycles. The van der Waals surface area contributed by atoms with Crippen LogP contribution in [-0.4, -0.2) is 48.8 Å². The number of anilines is 2. The summed E-state index contributed by atoms with van der Waals surface area (Å²) in [6.45, 7) is 1.30. The lowest BCUT2D eigenvalue weighted by atomic mass is 10.1. The molecule has 4 aromatic rings. The number of carbonyl (C=O) groups is 2. The summed E-state index contributed by atoms with van der Waals surface area (Å²) in [5.41, 5.74) is 3.88. The lowest BCUT2D eigenvalue weighted by Gasteiger charge is -2.10. The number of carbonyl (C=O) groups excluding carboxylic acids is 2. The Morgan fingerprint density at radius 1 is 1.03 bits per heavy atom. The van der Waals surface area contributed by atoms with Crippen molar-refractivity contribution in [3.63, 3.8) is 0 Å². The van der Waals surface area contributed by atoms with E-state index >= 15 is 0 Å². The molecule has 0 aliphatic carbocycles. The van der Waals surface area contributed by atoms with Crippen LogP contribution in [-0.2, 0) is 27.2 Å². The number of hydrogen-bond acceptors (Lipinski definition) is 6. The molecular formula is C29H30N4O4. The molecule has 8 heteroatoms. The van der Waals surface area contributed by atoms with E-state index in [4.69, 9.17) is 9.47 Å². The van der Waals surface area contributed by atoms with Gasteiger partial charge in [-0.25, -0.2) is 9.78 Å². The van der Waals surface area contributed by atoms with Crippen molar-refractivity contribution in [1.29, 1.82) is 0 Å². The van der Waals surface area contributed by atoms with E-state index < -0.39 is 5.97 Å². The first kappa shape index (κ1) is 25.7. The topological polar surface area (TPSA) is 94.5 Å². The minimum absolute atomic E-state index is 0.168. The second kappa shape index (κ2) is 12.5. The molecule has 2 heterocycles. The standard InChI is InChI=1S/C29H30N4O4/c1-36-17-16-33-27(29(35)37-2)26(32-25(34)18-22-12-7-4-8-13-22)24-19-23(20-31-28(24)33)30-15-9-14-21-10-5-3-6-11-21/h3-14,19-20,30H,15-18H2,1-2H3,(H,32,34). The first-order valence-corrected chi connectivity index (χ1v) is 12.0. The molecule has 0 bridgehead atoms. The summed E-state index contributed by atoms with van der Waals surface area (Å²) >= 11 is 0. The third kappa shape index (κ3) is 6.42. The Kier molecular flexibility index (Phi) is 8.67. The summed E-state index contributed by atoms with van der Waals surface area (Å²) in [7, 11) is 2.90. The summed E-state index contributed by atoms with van der Waals surface area (Å²) < 4.78 is 12.0. The summed E-state index contributed by atoms with van der Waals surface area (Å²) in [6, 6.07) is 21.3. The fourth-order valence-corrected chi connectivity index (χ4v) is 4.06. The van der Waals surface area contributed by atoms with Crippen LogP contribution in [0.1, 0.15) is 21.6 Å². The van der Waals surface area contributed by atoms with Gasteiger partial charge in [0.1, 0.15) is 5.65 Å². The van der Waals surface area contributed by atoms with E-state index in [1.807, 2.05) is 78.9 Å². The average Bonchev–Trinajstić information content (AvgIpc) is 3.22. The van der Waals surface area contributed by atoms with E-state index in [-0.39, 0.29) is 18.0 Å². The molecule has 0 aliphatic rings. The number of benzene rings is 2. The highest BCUT2D eigenvalue weighted by atomic mass is 16.5. The molecule has 0 fully saturated rings. The summed E-state index contributed by atoms with van der Waals surface area (Å²) in [5, 5.41) is 6.91. The Morgan fingerprint density at radius 3 is 2.46 bits per heavy atom. The molecule has 1 amide bonds. The van der Waals surface area contributed by atoms with Crippen LogP contribution >= 0.6 is 0 Å². The van der Waals surface area contributed by atoms with Crippen molar-refractivity contribution < 1.29 is 19.1 Å². The molecule has 37 heavy (non-hydrogen) atoms. The molecule has 0 saturated heterocycles. The minimum atomic E-state index is -0.565. The van der Waals surface area contributed by atoms with E-state index in [2.05, 4.69) is 15.6 Å². The maximum absolute atomic E-state index is 13.0. The maximum atomic E-state index is 13.0. The number of pyridine rings is 1. The van der Waals surface area contributed by atoms with E-state index in [9.17, 15) is 9.59 Å². The van der Waals surface area contributed by atoms with Crippen molar-refractivity contribution in [2.75, 3.05) is 38.0 Å². The van der Waals surface area contributed by atoms with E-state index in [1.165, 1.54) is 7.11 Å². The predicted octanol–water partition coefficient (Wildman–Crippen LogP) is 4.78. The van der Waals surface area contributed by atoms with Gasteiger partial charge in [-0.05, 0) is 17.2 Å². The van der Waals surface area contributed by atoms with Crippen LogP contribution in [0.15, 0.2) is 79.0 Å². The van der Waals surface area contributed by atoms with Gasteiger partial charge in [0.15, 0.2) is 5.69 Å². The Morgan fingerprint density at radius 2 is 1.76 bits per heavy atom. The van der Waals surface area contributed by atoms with Gasteiger partial charge >= 0.3 is 5.97 Å². The minimum Gasteiger partial charge on any atom is -0.464 e. The number of rotatable bonds is 11. The number of methoxy groups -OCH3 is 2. The number of esters is 1. The Bertz CT molecular complexity index is 1380. The highest BCUT2D eigenvalue weighted by Gasteiger charge is 2.26. The monoisotopic (exact) mass is 498 g/mol. The van der Waals surface area contributed by atoms with Crippen molar-refractivity contribution in [1.82, 2.24) is 9.55 Å². The zero-order chi connectivity index (χ0) is 26.0. The second-order valence-electron chi connectivity index (χ2n) is 8.36. The van der Waals surface area contributed by atoms with Crippen LogP contribution in [0.5, 0.6) is 0 Å². The lowest BCUT2D eigenvalue weighted by molar-refractivity contribution is -0.115. The SMILES string of the molecule is COCCn1c(C(=O)OC)c(NC(=O)Cc2ccccc2)c2cc(NCC=Cc3ccccc3)cnc21. The molecule has 0 spiro atoms. The number of ether oxygens (including phenoxy) is 2. The molecule has 8 nitrogen and oxygen atoms in total. The van der Waals surface area contributed by atoms with Crippen molar-refractivity contribution in [3.8, 4) is 0 Å². The molecule has 4 rings (SSSR count). The molecule has 2 aromatic heterocycles. The van der Waals surface area contributed by atoms with Crippen molar-refractivity contribution in [2.45, 2.75) is 13.0 Å². The number of nitrogens with zero attached hydrogens (tertiary/aromatic N) is 2. The van der Waals surface area contributed by atoms with Crippen molar-refractivity contribution in [2.24, 2.45) is 0 Å². The molecule has 190 valence electrons. The Labute approximate surface area is 215 Å². The summed E-state index contributed by atoms with van der Waals surface area (Å²) in [6.07, 6.45) is 5.93. The average molecular weight is 499 g/mol. The van der Waals surface area contributed by atoms with Gasteiger partial charge in [-0.15, -0.1) is 0 Å². The molecule has 0 atom stereocenters. The molecule has 2 aromatic carbocycles. The van der Waals surface area contributed by atoms with E-state index in [0.717, 1.165) is 16.8 Å². The predicted molar refractivity (Wildman–Crippen MR) is 146 cm³/mol. The van der Waals surface area contributed by atoms with Crippen LogP contribution in [0.4, 0.5) is 11.4 Å². The largest absolute Gasteiger partial charge is 0.464 e. The third-order valence-electron chi connectivity index (χ3n) is 5.80. The van der Waals surface area contributed by atoms with Gasteiger partial charge in [0, 0.05) is 25.6 Å². The highest BCUT2D eigenvalue weighted by Crippen LogP contribution is 2.33. The first-order chi connectivity index (χ1) is 18.1. The van der Waals surface area contributed by atoms with Crippen molar-refractivity contribution in [3.05, 3.63) is 95.8 Å². The van der Waals surface area contributed by atoms with Gasteiger partial charge in [0.05, 0.1) is 37.7 Å². The molecule has 0 unspecified atom stereocenters. The second-order valence-corrected chi connectivity index (χ2v) is 8.36. The quantitative estimate of drug-likeness (QED) is 0.289. The highest BCUT2D eigenvalue weighted by molar-refractivity contribution is 6.11. The molecule has 0 radical (unpaired) electrons. The van der Waals surface area contributed by atoms with Crippen LogP contribution in [0.2, 0.25) is 0 Å². The van der Waals surface area contributed by atoms with Gasteiger partial charge in [0.2, 0.25) is 5.91 Å². The fourth-order valence-electron chi connectivity index (χ4n) is 4.06. The van der Waals surface area contributed by atoms with Gasteiger partial charge in [-0.2, -0.15) is 0 Å². The van der Waals surface area contributed by atoms with E-state index in [1.54, 1.807) is 17.9 Å². The van der Waals surface area contributed by atoms with Gasteiger partial charge < -0.3 is 24.7 Å². The zero-order valence-corrected chi connectivity index (χ0v) is 20.9. The first-order valence-electron chi connectivity index (χ1n) is 12.0. The third-order valence-corrected chi connectivity index (χ3v) is 5.80. The van der Waals surface area contributed by atoms with Crippen molar-refractivity contribution >= 4 is 40.4 Å². The Hall–Kier alpha value is -4.43. The summed E-state index contributed by atoms with van der Waals surface area (Å²) in [5.74, 6) is -0.810.